The van der Waals surface area contributed by atoms with Crippen LogP contribution in [0.15, 0.2) is 78.9 Å². The fraction of sp³-hybridized carbons (Fsp3) is 0.367. The van der Waals surface area contributed by atoms with Gasteiger partial charge in [-0.2, -0.15) is 0 Å². The summed E-state index contributed by atoms with van der Waals surface area (Å²) in [6.07, 6.45) is 8.44. The van der Waals surface area contributed by atoms with Gasteiger partial charge in [-0.05, 0) is 24.1 Å². The summed E-state index contributed by atoms with van der Waals surface area (Å²) in [5, 5.41) is 18.9. The van der Waals surface area contributed by atoms with E-state index in [0.717, 1.165) is 16.6 Å². The SMILES string of the molecule is O=C1OCCC=C[C@H]2S[C@]34C=CCN(Cn5nnc6ccccc65)C(=O)C3N([C@H](CO)c3ccccc3)C(=O)[C@@H]4[C@@H]12. The van der Waals surface area contributed by atoms with E-state index in [2.05, 4.69) is 10.3 Å². The lowest BCUT2D eigenvalue weighted by Gasteiger charge is -2.38. The standard InChI is InChI=1S/C30H29N5O5S/c36-17-22(19-9-2-1-3-10-19)35-26-28(38)33(18-34-21-12-5-4-11-20(21)31-32-34)15-8-14-30(26)25(27(35)37)24-23(41-30)13-6-7-16-40-29(24)39/h1-6,8-14,22-26,36H,7,15-18H2/t22-,23-,24+,25+,26?,30+/m1/s1. The second kappa shape index (κ2) is 10.1. The van der Waals surface area contributed by atoms with Crippen LogP contribution in [0.5, 0.6) is 0 Å². The number of aliphatic hydroxyl groups is 1. The molecule has 0 aliphatic carbocycles. The molecule has 4 aliphatic heterocycles. The molecule has 7 rings (SSSR count). The summed E-state index contributed by atoms with van der Waals surface area (Å²) in [7, 11) is 0. The van der Waals surface area contributed by atoms with Gasteiger partial charge in [0.25, 0.3) is 0 Å². The van der Waals surface area contributed by atoms with Crippen LogP contribution in [0.1, 0.15) is 18.0 Å². The minimum atomic E-state index is -1.02. The van der Waals surface area contributed by atoms with Crippen LogP contribution in [0.4, 0.5) is 0 Å². The average Bonchev–Trinajstić information content (AvgIpc) is 3.57. The van der Waals surface area contributed by atoms with Gasteiger partial charge in [0.1, 0.15) is 18.2 Å². The Labute approximate surface area is 240 Å². The summed E-state index contributed by atoms with van der Waals surface area (Å²) in [5.74, 6) is -2.56. The first-order valence-electron chi connectivity index (χ1n) is 13.8. The maximum absolute atomic E-state index is 14.7. The second-order valence-corrected chi connectivity index (χ2v) is 12.3. The van der Waals surface area contributed by atoms with Gasteiger partial charge in [-0.25, -0.2) is 4.68 Å². The summed E-state index contributed by atoms with van der Waals surface area (Å²) >= 11 is 1.48. The Kier molecular flexibility index (Phi) is 6.43. The number of carbonyl (C=O) groups excluding carboxylic acids is 3. The summed E-state index contributed by atoms with van der Waals surface area (Å²) in [4.78, 5) is 45.7. The van der Waals surface area contributed by atoms with Gasteiger partial charge >= 0.3 is 5.97 Å². The normalized spacial score (nSPS) is 29.9. The third kappa shape index (κ3) is 4.01. The zero-order valence-corrected chi connectivity index (χ0v) is 23.0. The number of esters is 1. The molecule has 2 saturated heterocycles. The number of nitrogens with zero attached hydrogens (tertiary/aromatic N) is 5. The lowest BCUT2D eigenvalue weighted by atomic mass is 9.78. The maximum atomic E-state index is 14.7. The first kappa shape index (κ1) is 26.0. The summed E-state index contributed by atoms with van der Waals surface area (Å²) in [5.41, 5.74) is 2.23. The third-order valence-corrected chi connectivity index (χ3v) is 10.3. The number of para-hydroxylation sites is 1. The second-order valence-electron chi connectivity index (χ2n) is 10.8. The minimum Gasteiger partial charge on any atom is -0.465 e. The Bertz CT molecular complexity index is 1570. The number of amides is 2. The summed E-state index contributed by atoms with van der Waals surface area (Å²) in [6, 6.07) is 15.0. The van der Waals surface area contributed by atoms with Crippen LogP contribution < -0.4 is 0 Å². The van der Waals surface area contributed by atoms with E-state index >= 15 is 0 Å². The van der Waals surface area contributed by atoms with Crippen LogP contribution in [-0.2, 0) is 25.8 Å². The number of hydrogen-bond acceptors (Lipinski definition) is 8. The highest BCUT2D eigenvalue weighted by Crippen LogP contribution is 2.62. The molecule has 11 heteroatoms. The van der Waals surface area contributed by atoms with E-state index < -0.39 is 34.6 Å². The molecular weight excluding hydrogens is 542 g/mol. The van der Waals surface area contributed by atoms with E-state index in [9.17, 15) is 19.5 Å². The Balaban J connectivity index is 1.34. The van der Waals surface area contributed by atoms with Crippen molar-refractivity contribution in [2.24, 2.45) is 11.8 Å². The largest absolute Gasteiger partial charge is 0.465 e. The van der Waals surface area contributed by atoms with Crippen molar-refractivity contribution < 1.29 is 24.2 Å². The fourth-order valence-electron chi connectivity index (χ4n) is 6.77. The zero-order valence-electron chi connectivity index (χ0n) is 22.2. The van der Waals surface area contributed by atoms with E-state index in [1.165, 1.54) is 16.7 Å². The highest BCUT2D eigenvalue weighted by atomic mass is 32.2. The lowest BCUT2D eigenvalue weighted by molar-refractivity contribution is -0.153. The third-order valence-electron chi connectivity index (χ3n) is 8.56. The van der Waals surface area contributed by atoms with Crippen molar-refractivity contribution in [2.75, 3.05) is 19.8 Å². The van der Waals surface area contributed by atoms with Crippen molar-refractivity contribution >= 4 is 40.6 Å². The first-order valence-corrected chi connectivity index (χ1v) is 14.7. The molecule has 4 aliphatic rings. The van der Waals surface area contributed by atoms with E-state index in [4.69, 9.17) is 4.74 Å². The van der Waals surface area contributed by atoms with Crippen LogP contribution in [-0.4, -0.2) is 83.5 Å². The number of carbonyl (C=O) groups is 3. The van der Waals surface area contributed by atoms with Crippen LogP contribution in [0.3, 0.4) is 0 Å². The highest BCUT2D eigenvalue weighted by Gasteiger charge is 2.71. The van der Waals surface area contributed by atoms with Crippen molar-refractivity contribution in [3.05, 3.63) is 84.5 Å². The molecule has 0 saturated carbocycles. The minimum absolute atomic E-state index is 0.136. The Morgan fingerprint density at radius 3 is 2.68 bits per heavy atom. The number of aromatic nitrogens is 3. The number of aliphatic hydroxyl groups excluding tert-OH is 1. The van der Waals surface area contributed by atoms with Crippen molar-refractivity contribution in [3.63, 3.8) is 0 Å². The number of cyclic esters (lactones) is 1. The van der Waals surface area contributed by atoms with Crippen molar-refractivity contribution in [1.29, 1.82) is 0 Å². The first-order chi connectivity index (χ1) is 20.0. The van der Waals surface area contributed by atoms with Crippen molar-refractivity contribution in [2.45, 2.75) is 35.2 Å². The maximum Gasteiger partial charge on any atom is 0.311 e. The van der Waals surface area contributed by atoms with Crippen LogP contribution in [0.2, 0.25) is 0 Å². The molecule has 0 radical (unpaired) electrons. The molecule has 2 amide bonds. The Morgan fingerprint density at radius 1 is 1.05 bits per heavy atom. The van der Waals surface area contributed by atoms with Crippen molar-refractivity contribution in [1.82, 2.24) is 24.8 Å². The Morgan fingerprint density at radius 2 is 1.85 bits per heavy atom. The molecule has 41 heavy (non-hydrogen) atoms. The molecule has 2 fully saturated rings. The molecule has 3 aromatic rings. The highest BCUT2D eigenvalue weighted by molar-refractivity contribution is 8.02. The van der Waals surface area contributed by atoms with Crippen LogP contribution >= 0.6 is 11.8 Å². The average molecular weight is 572 g/mol. The molecule has 1 N–H and O–H groups in total. The predicted octanol–water partition coefficient (Wildman–Crippen LogP) is 2.32. The van der Waals surface area contributed by atoms with Gasteiger partial charge in [0.05, 0.1) is 41.4 Å². The Hall–Kier alpha value is -3.96. The van der Waals surface area contributed by atoms with Gasteiger partial charge in [0, 0.05) is 11.8 Å². The molecular formula is C30H29N5O5S. The molecule has 10 nitrogen and oxygen atoms in total. The molecule has 6 atom stereocenters. The summed E-state index contributed by atoms with van der Waals surface area (Å²) < 4.78 is 6.22. The number of rotatable bonds is 5. The van der Waals surface area contributed by atoms with E-state index in [1.54, 1.807) is 9.58 Å². The van der Waals surface area contributed by atoms with Crippen LogP contribution in [0, 0.1) is 11.8 Å². The monoisotopic (exact) mass is 571 g/mol. The topological polar surface area (TPSA) is 118 Å². The molecule has 0 bridgehead atoms. The quantitative estimate of drug-likeness (QED) is 0.366. The van der Waals surface area contributed by atoms with Gasteiger partial charge < -0.3 is 19.6 Å². The number of benzene rings is 2. The van der Waals surface area contributed by atoms with E-state index in [1.807, 2.05) is 78.9 Å². The van der Waals surface area contributed by atoms with E-state index in [0.29, 0.717) is 13.0 Å². The van der Waals surface area contributed by atoms with Crippen molar-refractivity contribution in [3.8, 4) is 0 Å². The number of hydrogen-bond donors (Lipinski definition) is 1. The smallest absolute Gasteiger partial charge is 0.311 e. The van der Waals surface area contributed by atoms with Gasteiger partial charge in [0.15, 0.2) is 0 Å². The molecule has 2 aromatic carbocycles. The van der Waals surface area contributed by atoms with Gasteiger partial charge in [-0.1, -0.05) is 72.0 Å². The number of fused-ring (bicyclic) bond motifs is 3. The fourth-order valence-corrected chi connectivity index (χ4v) is 8.76. The van der Waals surface area contributed by atoms with E-state index in [-0.39, 0.29) is 36.9 Å². The predicted molar refractivity (Wildman–Crippen MR) is 151 cm³/mol. The number of likely N-dealkylation sites (tertiary alicyclic amines) is 1. The summed E-state index contributed by atoms with van der Waals surface area (Å²) in [6.45, 7) is 0.313. The van der Waals surface area contributed by atoms with Gasteiger partial charge in [-0.3, -0.25) is 14.4 Å². The lowest BCUT2D eigenvalue weighted by Crippen LogP contribution is -2.54. The molecule has 1 aromatic heterocycles. The van der Waals surface area contributed by atoms with Gasteiger partial charge in [0.2, 0.25) is 11.8 Å². The molecule has 210 valence electrons. The molecule has 5 heterocycles. The van der Waals surface area contributed by atoms with Gasteiger partial charge in [-0.15, -0.1) is 16.9 Å². The number of ether oxygens (including phenoxy) is 1. The molecule has 1 unspecified atom stereocenters. The molecule has 1 spiro atoms. The number of thioether (sulfide) groups is 1. The van der Waals surface area contributed by atoms with Crippen LogP contribution in [0.25, 0.3) is 11.0 Å². The zero-order chi connectivity index (χ0) is 28.1.